The number of nitrogens with two attached hydrogens (primary N) is 2. The monoisotopic (exact) mass is 1040 g/mol. The standard InChI is InChI=1S/C44H72N12O17/c1-7-8-9-15-55-37(64)27(32(73-40-34(70-6)29(59)22(18-45)71-40)33-30(60)31(61)38(72-33)56-17-12-23(57)50-43(56)68)54(44(55)69)16-10-13-47-35(62)26(28(58)20(4)5)51-36(63)25(21-11-14-48-41(46)49-21)53-42(67)52-24(19(2)3)39(65)66/h12,17,19-22,24-34,38,40,58-61H,7-11,13-16,18,45H2,1-6H3,(H,47,62)(H,51,63)(H,65,66)(H3,46,48,49)(H,50,57,68)(H2,52,53,67)/t21?,22-,24?,25?,26?,27?,28?,29+,30+,31-,32?,33+,34-,38-,40-/m1/s1. The van der Waals surface area contributed by atoms with Crippen LogP contribution in [-0.4, -0.2) is 212 Å². The molecular weight excluding hydrogens is 969 g/mol. The Morgan fingerprint density at radius 2 is 1.64 bits per heavy atom. The number of carboxylic acid groups (broad SMARTS) is 1. The number of aliphatic hydroxyl groups is 4. The van der Waals surface area contributed by atoms with Gasteiger partial charge in [-0.25, -0.2) is 19.2 Å². The Labute approximate surface area is 419 Å². The van der Waals surface area contributed by atoms with Gasteiger partial charge in [0.1, 0.15) is 66.9 Å². The number of rotatable bonds is 25. The van der Waals surface area contributed by atoms with E-state index in [-0.39, 0.29) is 51.5 Å². The number of unbranched alkanes of at least 4 members (excludes halogenated alkanes) is 2. The maximum Gasteiger partial charge on any atom is 0.330 e. The summed E-state index contributed by atoms with van der Waals surface area (Å²) in [6.45, 7) is 7.63. The number of ether oxygens (including phenoxy) is 4. The predicted octanol–water partition coefficient (Wildman–Crippen LogP) is -5.11. The van der Waals surface area contributed by atoms with Crippen LogP contribution in [0.5, 0.6) is 0 Å². The second-order valence-corrected chi connectivity index (χ2v) is 19.0. The summed E-state index contributed by atoms with van der Waals surface area (Å²) >= 11 is 0. The smallest absolute Gasteiger partial charge is 0.330 e. The van der Waals surface area contributed by atoms with Crippen molar-refractivity contribution in [2.75, 3.05) is 39.8 Å². The lowest BCUT2D eigenvalue weighted by Gasteiger charge is -2.36. The Kier molecular flexibility index (Phi) is 20.6. The molecule has 4 aliphatic rings. The average molecular weight is 1040 g/mol. The number of amides is 7. The van der Waals surface area contributed by atoms with Crippen LogP contribution in [0.25, 0.3) is 0 Å². The molecule has 29 heteroatoms. The molecule has 5 rings (SSSR count). The van der Waals surface area contributed by atoms with Crippen LogP contribution >= 0.6 is 0 Å². The van der Waals surface area contributed by atoms with Gasteiger partial charge in [-0.3, -0.25) is 38.6 Å². The molecule has 7 unspecified atom stereocenters. The Bertz CT molecular complexity index is 2250. The van der Waals surface area contributed by atoms with E-state index in [9.17, 15) is 63.9 Å². The van der Waals surface area contributed by atoms with Gasteiger partial charge in [0.25, 0.3) is 11.5 Å². The van der Waals surface area contributed by atoms with E-state index in [0.29, 0.717) is 12.8 Å². The molecule has 0 aliphatic carbocycles. The molecule has 1 aromatic rings. The topological polar surface area (TPSA) is 426 Å². The number of aromatic amines is 1. The van der Waals surface area contributed by atoms with Gasteiger partial charge in [0.2, 0.25) is 11.8 Å². The summed E-state index contributed by atoms with van der Waals surface area (Å²) in [5.74, 6) is -5.16. The highest BCUT2D eigenvalue weighted by atomic mass is 16.7. The number of hydrogen-bond donors (Lipinski definition) is 13. The minimum atomic E-state index is -1.92. The van der Waals surface area contributed by atoms with Gasteiger partial charge in [0, 0.05) is 52.1 Å². The SMILES string of the molecule is CCCCCN1C(=O)C(C(O[C@H]2O[C@H](CN)[C@H](O)[C@H]2OC)[C@H]2O[C@@H](n3ccc(=O)[nH]c3=O)[C@H](O)[C@@H]2O)N(CCCNC(=O)C(NC(=O)C(NC(=O)NC(C(=O)O)C(C)C)C2CCN=C(N)N2)C(O)C(C)C)C1=O. The van der Waals surface area contributed by atoms with E-state index < -0.39 is 150 Å². The normalized spacial score (nSPS) is 28.3. The van der Waals surface area contributed by atoms with E-state index in [4.69, 9.17) is 30.4 Å². The summed E-state index contributed by atoms with van der Waals surface area (Å²) in [7, 11) is 1.25. The zero-order chi connectivity index (χ0) is 54.0. The zero-order valence-electron chi connectivity index (χ0n) is 41.6. The average Bonchev–Trinajstić information content (AvgIpc) is 3.90. The molecule has 7 amide bonds. The molecule has 4 aliphatic heterocycles. The summed E-state index contributed by atoms with van der Waals surface area (Å²) in [6.07, 6.45) is -12.7. The first-order valence-corrected chi connectivity index (χ1v) is 24.4. The van der Waals surface area contributed by atoms with Crippen molar-refractivity contribution in [2.24, 2.45) is 28.3 Å². The highest BCUT2D eigenvalue weighted by Gasteiger charge is 2.59. The summed E-state index contributed by atoms with van der Waals surface area (Å²) in [5.41, 5.74) is 9.98. The van der Waals surface area contributed by atoms with Gasteiger partial charge in [-0.1, -0.05) is 47.5 Å². The molecule has 0 spiro atoms. The third-order valence-electron chi connectivity index (χ3n) is 13.2. The lowest BCUT2D eigenvalue weighted by Crippen LogP contribution is -2.66. The van der Waals surface area contributed by atoms with Crippen molar-refractivity contribution in [1.82, 2.24) is 45.9 Å². The minimum absolute atomic E-state index is 0.0394. The van der Waals surface area contributed by atoms with Crippen LogP contribution in [0.4, 0.5) is 9.59 Å². The molecule has 0 aromatic carbocycles. The summed E-state index contributed by atoms with van der Waals surface area (Å²) in [5, 5.41) is 67.7. The lowest BCUT2D eigenvalue weighted by molar-refractivity contribution is -0.233. The predicted molar refractivity (Wildman–Crippen MR) is 254 cm³/mol. The number of carbonyl (C=O) groups excluding carboxylic acids is 5. The molecule has 410 valence electrons. The van der Waals surface area contributed by atoms with Gasteiger partial charge < -0.3 is 87.4 Å². The number of aromatic nitrogens is 2. The number of hydrogen-bond acceptors (Lipinski definition) is 20. The summed E-state index contributed by atoms with van der Waals surface area (Å²) in [4.78, 5) is 115. The molecule has 15 N–H and O–H groups in total. The van der Waals surface area contributed by atoms with Crippen molar-refractivity contribution in [3.05, 3.63) is 33.1 Å². The molecule has 1 aromatic heterocycles. The van der Waals surface area contributed by atoms with Crippen LogP contribution in [-0.2, 0) is 38.1 Å². The number of urea groups is 2. The quantitative estimate of drug-likeness (QED) is 0.0322. The van der Waals surface area contributed by atoms with Crippen molar-refractivity contribution in [3.8, 4) is 0 Å². The van der Waals surface area contributed by atoms with Crippen molar-refractivity contribution in [2.45, 2.75) is 158 Å². The lowest BCUT2D eigenvalue weighted by atomic mass is 9.97. The molecule has 3 saturated heterocycles. The van der Waals surface area contributed by atoms with Gasteiger partial charge in [0.05, 0.1) is 12.1 Å². The fourth-order valence-electron chi connectivity index (χ4n) is 9.07. The number of aliphatic hydroxyl groups excluding tert-OH is 4. The van der Waals surface area contributed by atoms with E-state index in [0.717, 1.165) is 33.1 Å². The van der Waals surface area contributed by atoms with Gasteiger partial charge in [-0.05, 0) is 31.1 Å². The highest BCUT2D eigenvalue weighted by Crippen LogP contribution is 2.38. The van der Waals surface area contributed by atoms with Crippen molar-refractivity contribution in [1.29, 1.82) is 0 Å². The molecule has 3 fully saturated rings. The van der Waals surface area contributed by atoms with Crippen molar-refractivity contribution < 1.29 is 73.2 Å². The van der Waals surface area contributed by atoms with Crippen LogP contribution in [0.15, 0.2) is 26.8 Å². The van der Waals surface area contributed by atoms with Gasteiger partial charge in [-0.2, -0.15) is 0 Å². The Morgan fingerprint density at radius 1 is 0.932 bits per heavy atom. The Morgan fingerprint density at radius 3 is 2.25 bits per heavy atom. The highest BCUT2D eigenvalue weighted by molar-refractivity contribution is 6.04. The molecule has 15 atom stereocenters. The second-order valence-electron chi connectivity index (χ2n) is 19.0. The third-order valence-corrected chi connectivity index (χ3v) is 13.2. The number of aliphatic imine (C=N–C) groups is 1. The maximum atomic E-state index is 14.6. The molecule has 73 heavy (non-hydrogen) atoms. The van der Waals surface area contributed by atoms with E-state index in [2.05, 4.69) is 31.6 Å². The number of nitrogens with zero attached hydrogens (tertiary/aromatic N) is 4. The number of methoxy groups -OCH3 is 1. The number of carboxylic acids is 1. The molecule has 5 heterocycles. The number of imide groups is 1. The number of H-pyrrole nitrogens is 1. The maximum absolute atomic E-state index is 14.6. The Balaban J connectivity index is 1.41. The molecule has 0 radical (unpaired) electrons. The van der Waals surface area contributed by atoms with E-state index >= 15 is 0 Å². The number of aliphatic carboxylic acids is 1. The van der Waals surface area contributed by atoms with E-state index in [1.54, 1.807) is 27.7 Å². The fraction of sp³-hybridized carbons (Fsp3) is 0.750. The van der Waals surface area contributed by atoms with Gasteiger partial charge in [-0.15, -0.1) is 0 Å². The molecule has 0 bridgehead atoms. The molecule has 0 saturated carbocycles. The first kappa shape index (κ1) is 58.1. The minimum Gasteiger partial charge on any atom is -0.480 e. The van der Waals surface area contributed by atoms with Gasteiger partial charge in [0.15, 0.2) is 18.5 Å². The summed E-state index contributed by atoms with van der Waals surface area (Å²) in [6, 6.07) is -7.83. The van der Waals surface area contributed by atoms with Crippen LogP contribution in [0.1, 0.15) is 73.0 Å². The number of guanidine groups is 1. The van der Waals surface area contributed by atoms with Crippen LogP contribution in [0.3, 0.4) is 0 Å². The largest absolute Gasteiger partial charge is 0.480 e. The summed E-state index contributed by atoms with van der Waals surface area (Å²) < 4.78 is 24.7. The Hall–Kier alpha value is -5.79. The molecule has 29 nitrogen and oxygen atoms in total. The first-order chi connectivity index (χ1) is 34.6. The van der Waals surface area contributed by atoms with Crippen LogP contribution in [0, 0.1) is 11.8 Å². The van der Waals surface area contributed by atoms with Crippen LogP contribution < -0.4 is 49.3 Å². The van der Waals surface area contributed by atoms with E-state index in [1.165, 1.54) is 7.11 Å². The fourth-order valence-corrected chi connectivity index (χ4v) is 9.07. The second kappa shape index (κ2) is 25.9. The first-order valence-electron chi connectivity index (χ1n) is 24.4. The van der Waals surface area contributed by atoms with Crippen molar-refractivity contribution in [3.63, 3.8) is 0 Å². The third kappa shape index (κ3) is 13.7. The van der Waals surface area contributed by atoms with E-state index in [1.807, 2.05) is 11.9 Å². The number of nitrogens with one attached hydrogen (secondary N) is 6. The van der Waals surface area contributed by atoms with Crippen molar-refractivity contribution >= 4 is 41.7 Å². The van der Waals surface area contributed by atoms with Crippen LogP contribution in [0.2, 0.25) is 0 Å². The van der Waals surface area contributed by atoms with Gasteiger partial charge >= 0.3 is 23.7 Å². The zero-order valence-corrected chi connectivity index (χ0v) is 41.6. The molecular formula is C44H72N12O17. The number of carbonyl (C=O) groups is 6.